The van der Waals surface area contributed by atoms with Crippen molar-refractivity contribution in [1.29, 1.82) is 0 Å². The third kappa shape index (κ3) is 4.75. The van der Waals surface area contributed by atoms with Gasteiger partial charge >= 0.3 is 0 Å². The normalized spacial score (nSPS) is 10.6. The number of benzene rings is 2. The molecule has 0 fully saturated rings. The summed E-state index contributed by atoms with van der Waals surface area (Å²) in [5, 5.41) is 15.0. The first-order valence-corrected chi connectivity index (χ1v) is 10.2. The molecule has 0 aliphatic heterocycles. The fraction of sp³-hybridized carbons (Fsp3) is 0.167. The lowest BCUT2D eigenvalue weighted by molar-refractivity contribution is -0.114. The highest BCUT2D eigenvalue weighted by atomic mass is 32.2. The zero-order chi connectivity index (χ0) is 19.2. The predicted octanol–water partition coefficient (Wildman–Crippen LogP) is 3.32. The fourth-order valence-electron chi connectivity index (χ4n) is 2.38. The van der Waals surface area contributed by atoms with E-state index in [0.29, 0.717) is 16.4 Å². The van der Waals surface area contributed by atoms with Crippen molar-refractivity contribution >= 4 is 40.9 Å². The number of hydrogen-bond donors (Lipinski definition) is 1. The summed E-state index contributed by atoms with van der Waals surface area (Å²) in [6, 6.07) is 14.8. The predicted molar refractivity (Wildman–Crippen MR) is 107 cm³/mol. The van der Waals surface area contributed by atoms with Crippen molar-refractivity contribution in [3.8, 4) is 5.69 Å². The Labute approximate surface area is 164 Å². The highest BCUT2D eigenvalue weighted by Gasteiger charge is 2.14. The molecule has 1 N–H and O–H groups in total. The molecule has 2 aromatic carbocycles. The topological polar surface area (TPSA) is 89.8 Å². The van der Waals surface area contributed by atoms with Gasteiger partial charge in [-0.15, -0.1) is 16.9 Å². The van der Waals surface area contributed by atoms with E-state index in [4.69, 9.17) is 0 Å². The van der Waals surface area contributed by atoms with Crippen LogP contribution >= 0.6 is 23.5 Å². The van der Waals surface area contributed by atoms with Crippen molar-refractivity contribution in [3.05, 3.63) is 54.1 Å². The van der Waals surface area contributed by atoms with Crippen LogP contribution in [0.1, 0.15) is 17.3 Å². The number of nitrogens with one attached hydrogen (secondary N) is 1. The zero-order valence-electron chi connectivity index (χ0n) is 14.7. The monoisotopic (exact) mass is 399 g/mol. The van der Waals surface area contributed by atoms with Crippen LogP contribution in [0.3, 0.4) is 0 Å². The van der Waals surface area contributed by atoms with Gasteiger partial charge in [-0.05, 0) is 40.9 Å². The number of aromatic nitrogens is 4. The summed E-state index contributed by atoms with van der Waals surface area (Å²) in [5.74, 6) is -0.0566. The van der Waals surface area contributed by atoms with E-state index in [-0.39, 0.29) is 17.4 Å². The second kappa shape index (κ2) is 8.83. The van der Waals surface area contributed by atoms with Gasteiger partial charge in [0.2, 0.25) is 11.1 Å². The van der Waals surface area contributed by atoms with Gasteiger partial charge in [0.05, 0.1) is 17.1 Å². The molecule has 1 aromatic heterocycles. The molecule has 0 spiro atoms. The molecule has 0 saturated carbocycles. The fourth-order valence-corrected chi connectivity index (χ4v) is 3.70. The minimum atomic E-state index is -0.175. The molecule has 3 aromatic rings. The molecule has 0 saturated heterocycles. The molecule has 1 heterocycles. The van der Waals surface area contributed by atoms with Gasteiger partial charge in [0.15, 0.2) is 5.78 Å². The molecule has 9 heteroatoms. The van der Waals surface area contributed by atoms with Crippen LogP contribution in [-0.2, 0) is 4.79 Å². The van der Waals surface area contributed by atoms with Gasteiger partial charge < -0.3 is 5.32 Å². The minimum absolute atomic E-state index is 0.0677. The standard InChI is InChI=1S/C18H17N5O2S2/c1-12(24)19-15-10-13(8-9-17(15)26-2)16(25)11-27-18-20-21-22-23(18)14-6-4-3-5-7-14/h3-10H,11H2,1-2H3,(H,19,24). The summed E-state index contributed by atoms with van der Waals surface area (Å²) in [4.78, 5) is 24.9. The van der Waals surface area contributed by atoms with E-state index in [9.17, 15) is 9.59 Å². The van der Waals surface area contributed by atoms with E-state index >= 15 is 0 Å². The number of amides is 1. The van der Waals surface area contributed by atoms with Crippen LogP contribution in [0.15, 0.2) is 58.6 Å². The van der Waals surface area contributed by atoms with Gasteiger partial charge in [0.25, 0.3) is 0 Å². The molecular weight excluding hydrogens is 382 g/mol. The Morgan fingerprint density at radius 3 is 2.63 bits per heavy atom. The van der Waals surface area contributed by atoms with Crippen molar-refractivity contribution in [2.24, 2.45) is 0 Å². The first-order valence-electron chi connectivity index (χ1n) is 8.04. The Morgan fingerprint density at radius 2 is 1.93 bits per heavy atom. The van der Waals surface area contributed by atoms with Crippen LogP contribution in [0, 0.1) is 0 Å². The van der Waals surface area contributed by atoms with Gasteiger partial charge in [-0.2, -0.15) is 4.68 Å². The summed E-state index contributed by atoms with van der Waals surface area (Å²) >= 11 is 2.77. The molecule has 0 aliphatic rings. The van der Waals surface area contributed by atoms with Crippen LogP contribution in [0.25, 0.3) is 5.69 Å². The van der Waals surface area contributed by atoms with E-state index in [1.807, 2.05) is 42.7 Å². The maximum Gasteiger partial charge on any atom is 0.221 e. The molecule has 0 aliphatic carbocycles. The third-order valence-corrected chi connectivity index (χ3v) is 5.32. The van der Waals surface area contributed by atoms with Crippen LogP contribution in [0.4, 0.5) is 5.69 Å². The summed E-state index contributed by atoms with van der Waals surface area (Å²) < 4.78 is 1.59. The molecule has 0 atom stereocenters. The Balaban J connectivity index is 1.74. The number of anilines is 1. The highest BCUT2D eigenvalue weighted by Crippen LogP contribution is 2.27. The lowest BCUT2D eigenvalue weighted by atomic mass is 10.1. The molecule has 27 heavy (non-hydrogen) atoms. The number of carbonyl (C=O) groups is 2. The zero-order valence-corrected chi connectivity index (χ0v) is 16.4. The van der Waals surface area contributed by atoms with Gasteiger partial charge in [0, 0.05) is 17.4 Å². The number of Topliss-reactive ketones (excluding diaryl/α,β-unsaturated/α-hetero) is 1. The van der Waals surface area contributed by atoms with E-state index in [1.54, 1.807) is 16.8 Å². The summed E-state index contributed by atoms with van der Waals surface area (Å²) in [7, 11) is 0. The smallest absolute Gasteiger partial charge is 0.221 e. The SMILES string of the molecule is CSc1ccc(C(=O)CSc2nnnn2-c2ccccc2)cc1NC(C)=O. The van der Waals surface area contributed by atoms with Crippen molar-refractivity contribution < 1.29 is 9.59 Å². The van der Waals surface area contributed by atoms with Gasteiger partial charge in [0.1, 0.15) is 0 Å². The number of thioether (sulfide) groups is 2. The van der Waals surface area contributed by atoms with E-state index < -0.39 is 0 Å². The van der Waals surface area contributed by atoms with Gasteiger partial charge in [-0.25, -0.2) is 0 Å². The van der Waals surface area contributed by atoms with Crippen molar-refractivity contribution in [2.45, 2.75) is 17.0 Å². The molecule has 138 valence electrons. The maximum atomic E-state index is 12.6. The third-order valence-electron chi connectivity index (χ3n) is 3.61. The summed E-state index contributed by atoms with van der Waals surface area (Å²) in [6.07, 6.45) is 1.92. The molecule has 0 bridgehead atoms. The van der Waals surface area contributed by atoms with Crippen LogP contribution in [0.5, 0.6) is 0 Å². The maximum absolute atomic E-state index is 12.6. The van der Waals surface area contributed by atoms with Crippen molar-refractivity contribution in [3.63, 3.8) is 0 Å². The number of ketones is 1. The second-order valence-electron chi connectivity index (χ2n) is 5.52. The second-order valence-corrected chi connectivity index (χ2v) is 7.31. The minimum Gasteiger partial charge on any atom is -0.325 e. The quantitative estimate of drug-likeness (QED) is 0.481. The Morgan fingerprint density at radius 1 is 1.15 bits per heavy atom. The van der Waals surface area contributed by atoms with Crippen LogP contribution in [0.2, 0.25) is 0 Å². The average molecular weight is 400 g/mol. The average Bonchev–Trinajstić information content (AvgIpc) is 3.15. The number of rotatable bonds is 7. The molecule has 1 amide bonds. The van der Waals surface area contributed by atoms with Gasteiger partial charge in [-0.3, -0.25) is 9.59 Å². The molecule has 7 nitrogen and oxygen atoms in total. The Bertz CT molecular complexity index is 959. The molecule has 0 unspecified atom stereocenters. The Hall–Kier alpha value is -2.65. The highest BCUT2D eigenvalue weighted by molar-refractivity contribution is 7.99. The number of nitrogens with zero attached hydrogens (tertiary/aromatic N) is 4. The number of tetrazole rings is 1. The van der Waals surface area contributed by atoms with E-state index in [1.165, 1.54) is 30.4 Å². The molecular formula is C18H17N5O2S2. The van der Waals surface area contributed by atoms with Crippen LogP contribution in [-0.4, -0.2) is 43.9 Å². The first kappa shape index (κ1) is 19.1. The lowest BCUT2D eigenvalue weighted by Gasteiger charge is -2.10. The number of carbonyl (C=O) groups excluding carboxylic acids is 2. The van der Waals surface area contributed by atoms with Crippen LogP contribution < -0.4 is 5.32 Å². The van der Waals surface area contributed by atoms with Crippen molar-refractivity contribution in [1.82, 2.24) is 20.2 Å². The summed E-state index contributed by atoms with van der Waals surface area (Å²) in [6.45, 7) is 1.44. The molecule has 0 radical (unpaired) electrons. The van der Waals surface area contributed by atoms with Crippen molar-refractivity contribution in [2.75, 3.05) is 17.3 Å². The van der Waals surface area contributed by atoms with Gasteiger partial charge in [-0.1, -0.05) is 36.0 Å². The van der Waals surface area contributed by atoms with E-state index in [2.05, 4.69) is 20.8 Å². The lowest BCUT2D eigenvalue weighted by Crippen LogP contribution is -2.09. The first-order chi connectivity index (χ1) is 13.1. The number of hydrogen-bond acceptors (Lipinski definition) is 7. The Kier molecular flexibility index (Phi) is 6.25. The molecule has 3 rings (SSSR count). The summed E-state index contributed by atoms with van der Waals surface area (Å²) in [5.41, 5.74) is 2.00. The largest absolute Gasteiger partial charge is 0.325 e. The van der Waals surface area contributed by atoms with E-state index in [0.717, 1.165) is 10.6 Å². The number of para-hydroxylation sites is 1.